The Hall–Kier alpha value is -1.40. The molecule has 0 aliphatic rings. The minimum Gasteiger partial charge on any atom is -0.323 e. The van der Waals surface area contributed by atoms with Crippen LogP contribution < -0.4 is 5.32 Å². The molecule has 0 radical (unpaired) electrons. The number of halogens is 2. The maximum atomic E-state index is 12.0. The van der Waals surface area contributed by atoms with Gasteiger partial charge in [0, 0.05) is 4.47 Å². The minimum atomic E-state index is -0.456. The number of benzene rings is 1. The van der Waals surface area contributed by atoms with Crippen molar-refractivity contribution in [1.82, 2.24) is 14.8 Å². The van der Waals surface area contributed by atoms with Crippen molar-refractivity contribution in [2.75, 3.05) is 5.32 Å². The van der Waals surface area contributed by atoms with E-state index in [-0.39, 0.29) is 5.91 Å². The van der Waals surface area contributed by atoms with E-state index in [0.29, 0.717) is 10.7 Å². The molecular weight excluding hydrogens is 320 g/mol. The molecule has 2 aromatic rings. The summed E-state index contributed by atoms with van der Waals surface area (Å²) in [6.45, 7) is 1.73. The summed E-state index contributed by atoms with van der Waals surface area (Å²) in [5.41, 5.74) is 0.558. The highest BCUT2D eigenvalue weighted by molar-refractivity contribution is 9.10. The number of nitrogens with zero attached hydrogens (tertiary/aromatic N) is 3. The van der Waals surface area contributed by atoms with Crippen molar-refractivity contribution in [3.8, 4) is 0 Å². The molecule has 5 nitrogen and oxygen atoms in total. The van der Waals surface area contributed by atoms with E-state index in [1.54, 1.807) is 25.1 Å². The van der Waals surface area contributed by atoms with Crippen LogP contribution in [0.4, 0.5) is 5.69 Å². The lowest BCUT2D eigenvalue weighted by molar-refractivity contribution is -0.119. The second-order valence-corrected chi connectivity index (χ2v) is 4.99. The number of amides is 1. The molecule has 1 heterocycles. The molecule has 0 saturated heterocycles. The van der Waals surface area contributed by atoms with Gasteiger partial charge in [0.15, 0.2) is 0 Å². The third-order valence-electron chi connectivity index (χ3n) is 2.40. The Morgan fingerprint density at radius 1 is 1.56 bits per heavy atom. The second-order valence-electron chi connectivity index (χ2n) is 3.66. The first-order chi connectivity index (χ1) is 8.58. The number of anilines is 1. The monoisotopic (exact) mass is 328 g/mol. The molecule has 0 fully saturated rings. The van der Waals surface area contributed by atoms with Crippen molar-refractivity contribution in [3.63, 3.8) is 0 Å². The summed E-state index contributed by atoms with van der Waals surface area (Å²) in [6.07, 6.45) is 2.88. The molecule has 0 bridgehead atoms. The van der Waals surface area contributed by atoms with Crippen molar-refractivity contribution in [3.05, 3.63) is 40.3 Å². The molecule has 1 aromatic heterocycles. The second kappa shape index (κ2) is 5.49. The number of carbonyl (C=O) groups excluding carboxylic acids is 1. The first kappa shape index (κ1) is 13.0. The molecule has 0 aliphatic heterocycles. The molecule has 18 heavy (non-hydrogen) atoms. The van der Waals surface area contributed by atoms with Crippen LogP contribution in [-0.4, -0.2) is 20.7 Å². The molecule has 1 N–H and O–H groups in total. The molecular formula is C11H10BrClN4O. The average molecular weight is 330 g/mol. The van der Waals surface area contributed by atoms with Gasteiger partial charge in [-0.05, 0) is 25.1 Å². The lowest BCUT2D eigenvalue weighted by Gasteiger charge is -2.13. The Balaban J connectivity index is 2.14. The summed E-state index contributed by atoms with van der Waals surface area (Å²) in [5.74, 6) is -0.208. The standard InChI is InChI=1S/C11H10BrClN4O/c1-7(17-6-14-5-15-17)11(18)16-10-4-8(12)2-3-9(10)13/h2-7H,1H3,(H,16,18). The van der Waals surface area contributed by atoms with Crippen LogP contribution in [0.15, 0.2) is 35.3 Å². The van der Waals surface area contributed by atoms with Crippen LogP contribution in [0.3, 0.4) is 0 Å². The van der Waals surface area contributed by atoms with Crippen molar-refractivity contribution < 1.29 is 4.79 Å². The van der Waals surface area contributed by atoms with Crippen LogP contribution >= 0.6 is 27.5 Å². The predicted octanol–water partition coefficient (Wildman–Crippen LogP) is 2.89. The average Bonchev–Trinajstić information content (AvgIpc) is 2.86. The van der Waals surface area contributed by atoms with Crippen molar-refractivity contribution in [2.24, 2.45) is 0 Å². The fourth-order valence-electron chi connectivity index (χ4n) is 1.37. The highest BCUT2D eigenvalue weighted by Gasteiger charge is 2.16. The minimum absolute atomic E-state index is 0.208. The van der Waals surface area contributed by atoms with Gasteiger partial charge in [0.05, 0.1) is 10.7 Å². The van der Waals surface area contributed by atoms with Crippen LogP contribution in [-0.2, 0) is 4.79 Å². The van der Waals surface area contributed by atoms with Crippen LogP contribution in [0, 0.1) is 0 Å². The Labute approximate surface area is 117 Å². The molecule has 0 saturated carbocycles. The van der Waals surface area contributed by atoms with E-state index in [9.17, 15) is 4.79 Å². The van der Waals surface area contributed by atoms with Crippen molar-refractivity contribution >= 4 is 39.1 Å². The highest BCUT2D eigenvalue weighted by atomic mass is 79.9. The van der Waals surface area contributed by atoms with Gasteiger partial charge >= 0.3 is 0 Å². The molecule has 2 rings (SSSR count). The van der Waals surface area contributed by atoms with Crippen molar-refractivity contribution in [1.29, 1.82) is 0 Å². The summed E-state index contributed by atoms with van der Waals surface area (Å²) < 4.78 is 2.32. The van der Waals surface area contributed by atoms with Gasteiger partial charge in [-0.25, -0.2) is 9.67 Å². The quantitative estimate of drug-likeness (QED) is 0.942. The summed E-state index contributed by atoms with van der Waals surface area (Å²) >= 11 is 9.32. The molecule has 1 atom stereocenters. The van der Waals surface area contributed by atoms with Gasteiger partial charge in [-0.2, -0.15) is 5.10 Å². The topological polar surface area (TPSA) is 59.8 Å². The fraction of sp³-hybridized carbons (Fsp3) is 0.182. The number of aromatic nitrogens is 3. The van der Waals surface area contributed by atoms with Crippen LogP contribution in [0.5, 0.6) is 0 Å². The third kappa shape index (κ3) is 2.88. The van der Waals surface area contributed by atoms with Crippen LogP contribution in [0.2, 0.25) is 5.02 Å². The largest absolute Gasteiger partial charge is 0.323 e. The number of carbonyl (C=O) groups is 1. The lowest BCUT2D eigenvalue weighted by atomic mass is 10.2. The normalized spacial score (nSPS) is 12.2. The van der Waals surface area contributed by atoms with E-state index in [2.05, 4.69) is 31.3 Å². The van der Waals surface area contributed by atoms with E-state index in [4.69, 9.17) is 11.6 Å². The summed E-state index contributed by atoms with van der Waals surface area (Å²) in [6, 6.07) is 4.80. The number of nitrogens with one attached hydrogen (secondary N) is 1. The van der Waals surface area contributed by atoms with Crippen LogP contribution in [0.25, 0.3) is 0 Å². The molecule has 0 aliphatic carbocycles. The van der Waals surface area contributed by atoms with E-state index in [0.717, 1.165) is 4.47 Å². The molecule has 0 spiro atoms. The third-order valence-corrected chi connectivity index (χ3v) is 3.22. The van der Waals surface area contributed by atoms with Gasteiger partial charge in [0.1, 0.15) is 18.7 Å². The Kier molecular flexibility index (Phi) is 3.98. The summed E-state index contributed by atoms with van der Waals surface area (Å²) in [4.78, 5) is 15.8. The first-order valence-electron chi connectivity index (χ1n) is 5.18. The van der Waals surface area contributed by atoms with Gasteiger partial charge in [-0.15, -0.1) is 0 Å². The van der Waals surface area contributed by atoms with E-state index in [1.807, 2.05) is 0 Å². The molecule has 1 unspecified atom stereocenters. The lowest BCUT2D eigenvalue weighted by Crippen LogP contribution is -2.24. The van der Waals surface area contributed by atoms with Gasteiger partial charge < -0.3 is 5.32 Å². The van der Waals surface area contributed by atoms with E-state index >= 15 is 0 Å². The highest BCUT2D eigenvalue weighted by Crippen LogP contribution is 2.26. The van der Waals surface area contributed by atoms with Gasteiger partial charge in [0.25, 0.3) is 0 Å². The Bertz CT molecular complexity index is 558. The number of hydrogen-bond acceptors (Lipinski definition) is 3. The van der Waals surface area contributed by atoms with E-state index in [1.165, 1.54) is 17.3 Å². The first-order valence-corrected chi connectivity index (χ1v) is 6.35. The molecule has 1 aromatic carbocycles. The van der Waals surface area contributed by atoms with E-state index < -0.39 is 6.04 Å². The molecule has 94 valence electrons. The number of rotatable bonds is 3. The Morgan fingerprint density at radius 2 is 2.33 bits per heavy atom. The fourth-order valence-corrected chi connectivity index (χ4v) is 1.89. The smallest absolute Gasteiger partial charge is 0.249 e. The zero-order valence-electron chi connectivity index (χ0n) is 9.47. The van der Waals surface area contributed by atoms with Gasteiger partial charge in [0.2, 0.25) is 5.91 Å². The van der Waals surface area contributed by atoms with Crippen LogP contribution in [0.1, 0.15) is 13.0 Å². The molecule has 7 heteroatoms. The SMILES string of the molecule is CC(C(=O)Nc1cc(Br)ccc1Cl)n1cncn1. The summed E-state index contributed by atoms with van der Waals surface area (Å²) in [7, 11) is 0. The maximum Gasteiger partial charge on any atom is 0.249 e. The Morgan fingerprint density at radius 3 is 3.00 bits per heavy atom. The molecule has 1 amide bonds. The predicted molar refractivity (Wildman–Crippen MR) is 72.5 cm³/mol. The van der Waals surface area contributed by atoms with Gasteiger partial charge in [-0.3, -0.25) is 4.79 Å². The zero-order valence-corrected chi connectivity index (χ0v) is 11.8. The van der Waals surface area contributed by atoms with Crippen molar-refractivity contribution in [2.45, 2.75) is 13.0 Å². The number of hydrogen-bond donors (Lipinski definition) is 1. The summed E-state index contributed by atoms with van der Waals surface area (Å²) in [5, 5.41) is 7.15. The zero-order chi connectivity index (χ0) is 13.1. The maximum absolute atomic E-state index is 12.0. The van der Waals surface area contributed by atoms with Gasteiger partial charge in [-0.1, -0.05) is 27.5 Å².